The minimum Gasteiger partial charge on any atom is -0.342 e. The van der Waals surface area contributed by atoms with Crippen molar-refractivity contribution in [3.05, 3.63) is 60.5 Å². The molecule has 0 spiro atoms. The number of allylic oxidation sites excluding steroid dienone is 3. The van der Waals surface area contributed by atoms with E-state index in [2.05, 4.69) is 34.4 Å². The van der Waals surface area contributed by atoms with Crippen molar-refractivity contribution in [1.82, 2.24) is 20.1 Å². The van der Waals surface area contributed by atoms with Gasteiger partial charge in [-0.2, -0.15) is 0 Å². The molecule has 1 saturated heterocycles. The third-order valence-electron chi connectivity index (χ3n) is 5.92. The number of aromatic nitrogens is 1. The monoisotopic (exact) mass is 469 g/mol. The Morgan fingerprint density at radius 2 is 2.06 bits per heavy atom. The zero-order chi connectivity index (χ0) is 22.7. The van der Waals surface area contributed by atoms with Gasteiger partial charge in [-0.3, -0.25) is 4.98 Å². The molecule has 2 amide bonds. The molecule has 0 radical (unpaired) electrons. The average Bonchev–Trinajstić information content (AvgIpc) is 2.80. The summed E-state index contributed by atoms with van der Waals surface area (Å²) in [7, 11) is 0. The number of thiocarbonyl (C=S) groups is 1. The number of rotatable bonds is 3. The van der Waals surface area contributed by atoms with Crippen LogP contribution >= 0.6 is 23.8 Å². The van der Waals surface area contributed by atoms with E-state index in [-0.39, 0.29) is 17.5 Å². The maximum atomic E-state index is 12.9. The van der Waals surface area contributed by atoms with Crippen molar-refractivity contribution in [2.45, 2.75) is 31.7 Å². The summed E-state index contributed by atoms with van der Waals surface area (Å²) < 4.78 is 0. The molecule has 1 fully saturated rings. The summed E-state index contributed by atoms with van der Waals surface area (Å²) >= 11 is 11.9. The zero-order valence-corrected chi connectivity index (χ0v) is 19.9. The van der Waals surface area contributed by atoms with E-state index in [1.165, 1.54) is 0 Å². The lowest BCUT2D eigenvalue weighted by molar-refractivity contribution is 0.117. The van der Waals surface area contributed by atoms with E-state index in [1.54, 1.807) is 6.20 Å². The van der Waals surface area contributed by atoms with Gasteiger partial charge in [0.2, 0.25) is 0 Å². The van der Waals surface area contributed by atoms with Gasteiger partial charge in [0.1, 0.15) is 0 Å². The summed E-state index contributed by atoms with van der Waals surface area (Å²) in [5.41, 5.74) is 2.67. The van der Waals surface area contributed by atoms with E-state index in [9.17, 15) is 4.79 Å². The number of carbonyl (C=O) groups is 1. The fourth-order valence-electron chi connectivity index (χ4n) is 4.11. The van der Waals surface area contributed by atoms with Crippen LogP contribution in [0.5, 0.6) is 0 Å². The third kappa shape index (κ3) is 5.05. The molecule has 1 aromatic heterocycles. The van der Waals surface area contributed by atoms with Crippen molar-refractivity contribution >= 4 is 51.6 Å². The molecular formula is C24H28ClN5OS. The lowest BCUT2D eigenvalue weighted by Gasteiger charge is -2.44. The predicted octanol–water partition coefficient (Wildman–Crippen LogP) is 4.73. The molecule has 6 nitrogen and oxygen atoms in total. The summed E-state index contributed by atoms with van der Waals surface area (Å²) in [4.78, 5) is 21.4. The number of nitrogens with zero attached hydrogens (tertiary/aromatic N) is 3. The summed E-state index contributed by atoms with van der Waals surface area (Å²) in [6.07, 6.45) is 8.24. The Kier molecular flexibility index (Phi) is 6.96. The minimum atomic E-state index is -0.0850. The summed E-state index contributed by atoms with van der Waals surface area (Å²) in [6, 6.07) is 9.97. The number of urea groups is 1. The summed E-state index contributed by atoms with van der Waals surface area (Å²) in [5.74, 6) is 0.324. The normalized spacial score (nSPS) is 20.9. The second kappa shape index (κ2) is 9.88. The second-order valence-corrected chi connectivity index (χ2v) is 9.40. The van der Waals surface area contributed by atoms with E-state index < -0.39 is 0 Å². The second-order valence-electron chi connectivity index (χ2n) is 8.46. The molecule has 2 N–H and O–H groups in total. The van der Waals surface area contributed by atoms with E-state index in [4.69, 9.17) is 23.8 Å². The van der Waals surface area contributed by atoms with Gasteiger partial charge in [-0.05, 0) is 54.9 Å². The van der Waals surface area contributed by atoms with Gasteiger partial charge in [-0.25, -0.2) is 4.79 Å². The van der Waals surface area contributed by atoms with Crippen molar-refractivity contribution in [3.8, 4) is 0 Å². The van der Waals surface area contributed by atoms with Crippen LogP contribution in [0.2, 0.25) is 0 Å². The van der Waals surface area contributed by atoms with Gasteiger partial charge >= 0.3 is 6.03 Å². The van der Waals surface area contributed by atoms with Gasteiger partial charge in [0.25, 0.3) is 0 Å². The number of amides is 2. The highest BCUT2D eigenvalue weighted by atomic mass is 35.5. The van der Waals surface area contributed by atoms with Crippen LogP contribution in [-0.4, -0.2) is 57.0 Å². The summed E-state index contributed by atoms with van der Waals surface area (Å²) in [5, 5.41) is 8.12. The first-order valence-electron chi connectivity index (χ1n) is 10.9. The number of piperazine rings is 1. The molecule has 2 aromatic rings. The first-order valence-corrected chi connectivity index (χ1v) is 11.8. The van der Waals surface area contributed by atoms with Crippen molar-refractivity contribution in [2.24, 2.45) is 5.92 Å². The molecule has 0 saturated carbocycles. The molecule has 2 aliphatic rings. The highest BCUT2D eigenvalue weighted by Gasteiger charge is 2.33. The standard InChI is InChI=1S/C24H28ClN5OS/c1-16(2)22-15-29(23(31)27-18-10-8-17(25)9-11-18)13-14-30(22)24(32)28-21-7-3-6-20-19(21)5-4-12-26-20/h3-8,10-12,16-17,22H,9,13-15H2,1-2H3,(H,27,31)(H,28,32). The van der Waals surface area contributed by atoms with Crippen LogP contribution in [0.15, 0.2) is 60.5 Å². The SMILES string of the molecule is CC(C)C1CN(C(=O)NC2=CCC(Cl)C=C2)CCN1C(=S)Nc1cccc2ncccc12. The number of fused-ring (bicyclic) bond motifs is 1. The number of hydrogen-bond donors (Lipinski definition) is 2. The highest BCUT2D eigenvalue weighted by molar-refractivity contribution is 7.80. The highest BCUT2D eigenvalue weighted by Crippen LogP contribution is 2.24. The quantitative estimate of drug-likeness (QED) is 0.502. The van der Waals surface area contributed by atoms with Gasteiger partial charge in [0, 0.05) is 42.6 Å². The molecule has 4 rings (SSSR count). The Hall–Kier alpha value is -2.64. The fraction of sp³-hybridized carbons (Fsp3) is 0.375. The van der Waals surface area contributed by atoms with Gasteiger partial charge < -0.3 is 20.4 Å². The van der Waals surface area contributed by atoms with E-state index in [0.29, 0.717) is 30.7 Å². The van der Waals surface area contributed by atoms with Crippen LogP contribution in [0, 0.1) is 5.92 Å². The zero-order valence-electron chi connectivity index (χ0n) is 18.3. The van der Waals surface area contributed by atoms with Crippen molar-refractivity contribution < 1.29 is 4.79 Å². The number of hydrogen-bond acceptors (Lipinski definition) is 3. The Bertz CT molecular complexity index is 1060. The first-order chi connectivity index (χ1) is 15.4. The van der Waals surface area contributed by atoms with Gasteiger partial charge in [0.05, 0.1) is 16.9 Å². The Balaban J connectivity index is 1.43. The number of benzene rings is 1. The number of nitrogens with one attached hydrogen (secondary N) is 2. The molecule has 8 heteroatoms. The van der Waals surface area contributed by atoms with Crippen LogP contribution in [0.3, 0.4) is 0 Å². The Morgan fingerprint density at radius 3 is 2.81 bits per heavy atom. The molecule has 1 aliphatic carbocycles. The Morgan fingerprint density at radius 1 is 1.22 bits per heavy atom. The van der Waals surface area contributed by atoms with Crippen molar-refractivity contribution in [3.63, 3.8) is 0 Å². The van der Waals surface area contributed by atoms with Crippen LogP contribution in [-0.2, 0) is 0 Å². The molecule has 0 bridgehead atoms. The van der Waals surface area contributed by atoms with E-state index in [1.807, 2.05) is 53.5 Å². The molecule has 2 heterocycles. The Labute approximate surface area is 199 Å². The lowest BCUT2D eigenvalue weighted by atomic mass is 10.00. The van der Waals surface area contributed by atoms with Gasteiger partial charge in [-0.15, -0.1) is 11.6 Å². The number of carbonyl (C=O) groups excluding carboxylic acids is 1. The van der Waals surface area contributed by atoms with Crippen LogP contribution in [0.25, 0.3) is 10.9 Å². The molecule has 2 atom stereocenters. The average molecular weight is 470 g/mol. The number of anilines is 1. The molecule has 168 valence electrons. The lowest BCUT2D eigenvalue weighted by Crippen LogP contribution is -2.60. The maximum absolute atomic E-state index is 12.9. The minimum absolute atomic E-state index is 0.00412. The maximum Gasteiger partial charge on any atom is 0.321 e. The van der Waals surface area contributed by atoms with Crippen molar-refractivity contribution in [1.29, 1.82) is 0 Å². The van der Waals surface area contributed by atoms with Crippen LogP contribution in [0.4, 0.5) is 10.5 Å². The predicted molar refractivity (Wildman–Crippen MR) is 135 cm³/mol. The molecule has 1 aromatic carbocycles. The number of pyridine rings is 1. The number of halogens is 1. The smallest absolute Gasteiger partial charge is 0.321 e. The molecular weight excluding hydrogens is 442 g/mol. The molecule has 32 heavy (non-hydrogen) atoms. The summed E-state index contributed by atoms with van der Waals surface area (Å²) in [6.45, 7) is 6.21. The number of alkyl halides is 1. The largest absolute Gasteiger partial charge is 0.342 e. The van der Waals surface area contributed by atoms with E-state index >= 15 is 0 Å². The van der Waals surface area contributed by atoms with E-state index in [0.717, 1.165) is 28.7 Å². The van der Waals surface area contributed by atoms with Gasteiger partial charge in [-0.1, -0.05) is 32.1 Å². The topological polar surface area (TPSA) is 60.5 Å². The molecule has 1 aliphatic heterocycles. The van der Waals surface area contributed by atoms with Crippen LogP contribution < -0.4 is 10.6 Å². The molecule has 2 unspecified atom stereocenters. The van der Waals surface area contributed by atoms with Crippen LogP contribution in [0.1, 0.15) is 20.3 Å². The van der Waals surface area contributed by atoms with Crippen molar-refractivity contribution in [2.75, 3.05) is 25.0 Å². The fourth-order valence-corrected chi connectivity index (χ4v) is 4.60. The third-order valence-corrected chi connectivity index (χ3v) is 6.58. The first kappa shape index (κ1) is 22.6. The van der Waals surface area contributed by atoms with Gasteiger partial charge in [0.15, 0.2) is 5.11 Å².